The lowest BCUT2D eigenvalue weighted by molar-refractivity contribution is 0.0948. The normalized spacial score (nSPS) is 10.7. The van der Waals surface area contributed by atoms with Gasteiger partial charge in [0.15, 0.2) is 0 Å². The Hall–Kier alpha value is -3.07. The summed E-state index contributed by atoms with van der Waals surface area (Å²) in [6.45, 7) is 6.15. The van der Waals surface area contributed by atoms with Crippen LogP contribution in [0, 0.1) is 20.8 Å². The molecule has 1 aromatic carbocycles. The van der Waals surface area contributed by atoms with Gasteiger partial charge in [-0.15, -0.1) is 10.2 Å². The molecule has 2 aromatic heterocycles. The van der Waals surface area contributed by atoms with E-state index in [1.54, 1.807) is 16.8 Å². The summed E-state index contributed by atoms with van der Waals surface area (Å²) in [5.41, 5.74) is 4.58. The number of rotatable bonds is 5. The molecule has 140 valence electrons. The van der Waals surface area contributed by atoms with Crippen LogP contribution in [0.4, 0.5) is 5.69 Å². The Labute approximate surface area is 160 Å². The standard InChI is InChI=1S/C18H20N6O2S/c1-10-5-7-13(8-6-10)20-16(26)18-22-21-17(27-18)15(25)19-9-14-11(2)23-24(4)12(14)3/h5-8H,9H2,1-4H3,(H,19,25)(H,20,26). The first-order valence-corrected chi connectivity index (χ1v) is 9.15. The van der Waals surface area contributed by atoms with Crippen LogP contribution in [0.25, 0.3) is 0 Å². The summed E-state index contributed by atoms with van der Waals surface area (Å²) in [7, 11) is 1.86. The largest absolute Gasteiger partial charge is 0.346 e. The minimum absolute atomic E-state index is 0.134. The Balaban J connectivity index is 1.63. The maximum Gasteiger partial charge on any atom is 0.286 e. The number of benzene rings is 1. The van der Waals surface area contributed by atoms with Gasteiger partial charge in [-0.1, -0.05) is 29.0 Å². The Morgan fingerprint density at radius 1 is 1.04 bits per heavy atom. The van der Waals surface area contributed by atoms with Crippen molar-refractivity contribution in [2.45, 2.75) is 27.3 Å². The summed E-state index contributed by atoms with van der Waals surface area (Å²) in [5, 5.41) is 17.8. The van der Waals surface area contributed by atoms with Gasteiger partial charge >= 0.3 is 0 Å². The van der Waals surface area contributed by atoms with E-state index < -0.39 is 5.91 Å². The molecular formula is C18H20N6O2S. The molecule has 0 aliphatic heterocycles. The van der Waals surface area contributed by atoms with E-state index in [4.69, 9.17) is 0 Å². The van der Waals surface area contributed by atoms with Crippen LogP contribution in [0.5, 0.6) is 0 Å². The summed E-state index contributed by atoms with van der Waals surface area (Å²) < 4.78 is 1.77. The highest BCUT2D eigenvalue weighted by Gasteiger charge is 2.18. The predicted octanol–water partition coefficient (Wildman–Crippen LogP) is 2.38. The van der Waals surface area contributed by atoms with Gasteiger partial charge in [0.05, 0.1) is 5.69 Å². The van der Waals surface area contributed by atoms with Crippen molar-refractivity contribution in [1.29, 1.82) is 0 Å². The molecule has 9 heteroatoms. The quantitative estimate of drug-likeness (QED) is 0.703. The zero-order chi connectivity index (χ0) is 19.6. The Morgan fingerprint density at radius 3 is 2.26 bits per heavy atom. The van der Waals surface area contributed by atoms with Crippen molar-refractivity contribution in [3.8, 4) is 0 Å². The van der Waals surface area contributed by atoms with Gasteiger partial charge in [-0.05, 0) is 32.9 Å². The number of anilines is 1. The molecule has 0 bridgehead atoms. The van der Waals surface area contributed by atoms with Crippen molar-refractivity contribution in [3.63, 3.8) is 0 Å². The number of aryl methyl sites for hydroxylation is 3. The minimum Gasteiger partial charge on any atom is -0.346 e. The number of carbonyl (C=O) groups is 2. The van der Waals surface area contributed by atoms with Gasteiger partial charge < -0.3 is 10.6 Å². The molecule has 0 atom stereocenters. The highest BCUT2D eigenvalue weighted by molar-refractivity contribution is 7.15. The van der Waals surface area contributed by atoms with E-state index in [1.165, 1.54) is 0 Å². The van der Waals surface area contributed by atoms with E-state index in [1.807, 2.05) is 40.0 Å². The lowest BCUT2D eigenvalue weighted by atomic mass is 10.2. The van der Waals surface area contributed by atoms with E-state index in [9.17, 15) is 9.59 Å². The van der Waals surface area contributed by atoms with Crippen LogP contribution in [0.15, 0.2) is 24.3 Å². The summed E-state index contributed by atoms with van der Waals surface area (Å²) >= 11 is 0.953. The molecular weight excluding hydrogens is 364 g/mol. The predicted molar refractivity (Wildman–Crippen MR) is 103 cm³/mol. The van der Waals surface area contributed by atoms with Crippen LogP contribution < -0.4 is 10.6 Å². The van der Waals surface area contributed by atoms with Crippen molar-refractivity contribution in [2.75, 3.05) is 5.32 Å². The molecule has 8 nitrogen and oxygen atoms in total. The van der Waals surface area contributed by atoms with Crippen LogP contribution >= 0.6 is 11.3 Å². The van der Waals surface area contributed by atoms with Crippen molar-refractivity contribution in [2.24, 2.45) is 7.05 Å². The van der Waals surface area contributed by atoms with Gasteiger partial charge in [0.2, 0.25) is 10.0 Å². The number of nitrogens with zero attached hydrogens (tertiary/aromatic N) is 4. The van der Waals surface area contributed by atoms with E-state index >= 15 is 0 Å². The second-order valence-electron chi connectivity index (χ2n) is 6.19. The first-order valence-electron chi connectivity index (χ1n) is 8.34. The molecule has 0 saturated carbocycles. The van der Waals surface area contributed by atoms with Crippen LogP contribution in [0.3, 0.4) is 0 Å². The molecule has 27 heavy (non-hydrogen) atoms. The molecule has 3 aromatic rings. The SMILES string of the molecule is Cc1ccc(NC(=O)c2nnc(C(=O)NCc3c(C)nn(C)c3C)s2)cc1. The van der Waals surface area contributed by atoms with E-state index in [0.29, 0.717) is 12.2 Å². The Kier molecular flexibility index (Phi) is 5.31. The summed E-state index contributed by atoms with van der Waals surface area (Å²) in [5.74, 6) is -0.765. The Morgan fingerprint density at radius 2 is 1.67 bits per heavy atom. The fourth-order valence-corrected chi connectivity index (χ4v) is 3.20. The molecule has 2 amide bonds. The molecule has 0 aliphatic rings. The molecule has 0 saturated heterocycles. The van der Waals surface area contributed by atoms with Gasteiger partial charge in [0.1, 0.15) is 0 Å². The van der Waals surface area contributed by atoms with Gasteiger partial charge in [-0.2, -0.15) is 5.10 Å². The number of hydrogen-bond acceptors (Lipinski definition) is 6. The first-order chi connectivity index (χ1) is 12.8. The second kappa shape index (κ2) is 7.67. The minimum atomic E-state index is -0.394. The lowest BCUT2D eigenvalue weighted by Gasteiger charge is -2.03. The van der Waals surface area contributed by atoms with E-state index in [2.05, 4.69) is 25.9 Å². The number of hydrogen-bond donors (Lipinski definition) is 2. The summed E-state index contributed by atoms with van der Waals surface area (Å²) in [4.78, 5) is 24.6. The molecule has 0 fully saturated rings. The molecule has 0 unspecified atom stereocenters. The fourth-order valence-electron chi connectivity index (χ4n) is 2.55. The maximum atomic E-state index is 12.3. The third-order valence-electron chi connectivity index (χ3n) is 4.21. The summed E-state index contributed by atoms with van der Waals surface area (Å²) in [6.07, 6.45) is 0. The van der Waals surface area contributed by atoms with Crippen LogP contribution in [0.2, 0.25) is 0 Å². The van der Waals surface area contributed by atoms with Crippen LogP contribution in [0.1, 0.15) is 42.1 Å². The second-order valence-corrected chi connectivity index (χ2v) is 7.17. The zero-order valence-electron chi connectivity index (χ0n) is 15.5. The molecule has 2 heterocycles. The average molecular weight is 384 g/mol. The summed E-state index contributed by atoms with van der Waals surface area (Å²) in [6, 6.07) is 7.41. The van der Waals surface area contributed by atoms with E-state index in [0.717, 1.165) is 33.9 Å². The number of carbonyl (C=O) groups excluding carboxylic acids is 2. The average Bonchev–Trinajstić information content (AvgIpc) is 3.21. The third-order valence-corrected chi connectivity index (χ3v) is 5.13. The topological polar surface area (TPSA) is 102 Å². The van der Waals surface area contributed by atoms with Crippen LogP contribution in [-0.2, 0) is 13.6 Å². The highest BCUT2D eigenvalue weighted by Crippen LogP contribution is 2.15. The molecule has 0 spiro atoms. The molecule has 0 radical (unpaired) electrons. The van der Waals surface area contributed by atoms with Gasteiger partial charge in [0.25, 0.3) is 11.8 Å². The van der Waals surface area contributed by atoms with Crippen molar-refractivity contribution < 1.29 is 9.59 Å². The lowest BCUT2D eigenvalue weighted by Crippen LogP contribution is -2.23. The van der Waals surface area contributed by atoms with E-state index in [-0.39, 0.29) is 15.9 Å². The fraction of sp³-hybridized carbons (Fsp3) is 0.278. The molecule has 2 N–H and O–H groups in total. The molecule has 3 rings (SSSR count). The number of aromatic nitrogens is 4. The number of amides is 2. The third kappa shape index (κ3) is 4.20. The van der Waals surface area contributed by atoms with Crippen molar-refractivity contribution in [3.05, 3.63) is 56.8 Å². The first kappa shape index (κ1) is 18.7. The van der Waals surface area contributed by atoms with Crippen LogP contribution in [-0.4, -0.2) is 31.8 Å². The highest BCUT2D eigenvalue weighted by atomic mass is 32.1. The van der Waals surface area contributed by atoms with Gasteiger partial charge in [0, 0.05) is 30.5 Å². The van der Waals surface area contributed by atoms with Gasteiger partial charge in [-0.3, -0.25) is 14.3 Å². The Bertz CT molecular complexity index is 990. The number of nitrogens with one attached hydrogen (secondary N) is 2. The monoisotopic (exact) mass is 384 g/mol. The van der Waals surface area contributed by atoms with Crippen molar-refractivity contribution >= 4 is 28.8 Å². The van der Waals surface area contributed by atoms with Crippen molar-refractivity contribution in [1.82, 2.24) is 25.3 Å². The zero-order valence-corrected chi connectivity index (χ0v) is 16.3. The maximum absolute atomic E-state index is 12.3. The smallest absolute Gasteiger partial charge is 0.286 e. The molecule has 0 aliphatic carbocycles. The van der Waals surface area contributed by atoms with Gasteiger partial charge in [-0.25, -0.2) is 0 Å².